The van der Waals surface area contributed by atoms with E-state index in [0.717, 1.165) is 42.3 Å². The third-order valence-electron chi connectivity index (χ3n) is 6.60. The molecule has 168 valence electrons. The molecule has 1 saturated carbocycles. The fraction of sp³-hybridized carbons (Fsp3) is 0.348. The lowest BCUT2D eigenvalue weighted by Crippen LogP contribution is -2.43. The van der Waals surface area contributed by atoms with Gasteiger partial charge in [0.25, 0.3) is 11.8 Å². The molecule has 1 fully saturated rings. The Morgan fingerprint density at radius 1 is 1.00 bits per heavy atom. The molecule has 8 nitrogen and oxygen atoms in total. The summed E-state index contributed by atoms with van der Waals surface area (Å²) in [5.41, 5.74) is 3.69. The summed E-state index contributed by atoms with van der Waals surface area (Å²) in [5.74, 6) is -0.839. The average molecular weight is 450 g/mol. The summed E-state index contributed by atoms with van der Waals surface area (Å²) in [6.45, 7) is 0.494. The second-order valence-electron chi connectivity index (χ2n) is 8.49. The highest BCUT2D eigenvalue weighted by Crippen LogP contribution is 2.38. The van der Waals surface area contributed by atoms with Gasteiger partial charge in [0.05, 0.1) is 17.6 Å². The van der Waals surface area contributed by atoms with Gasteiger partial charge < -0.3 is 9.32 Å². The number of para-hydroxylation sites is 1. The Kier molecular flexibility index (Phi) is 4.67. The highest BCUT2D eigenvalue weighted by molar-refractivity contribution is 5.99. The number of hydrogen-bond acceptors (Lipinski definition) is 6. The van der Waals surface area contributed by atoms with E-state index in [1.54, 1.807) is 12.1 Å². The molecule has 2 atom stereocenters. The van der Waals surface area contributed by atoms with Crippen LogP contribution < -0.4 is 0 Å². The van der Waals surface area contributed by atoms with Crippen molar-refractivity contribution < 1.29 is 18.0 Å². The van der Waals surface area contributed by atoms with E-state index in [1.807, 2.05) is 39.9 Å². The third-order valence-corrected chi connectivity index (χ3v) is 6.60. The van der Waals surface area contributed by atoms with Crippen LogP contribution in [0.1, 0.15) is 60.0 Å². The molecule has 2 aliphatic rings. The number of hydrogen-bond donors (Lipinski definition) is 0. The predicted octanol–water partition coefficient (Wildman–Crippen LogP) is 4.56. The van der Waals surface area contributed by atoms with Crippen LogP contribution in [-0.2, 0) is 6.54 Å². The van der Waals surface area contributed by atoms with Crippen LogP contribution in [-0.4, -0.2) is 42.0 Å². The zero-order chi connectivity index (χ0) is 22.5. The zero-order valence-corrected chi connectivity index (χ0v) is 17.6. The minimum absolute atomic E-state index is 0.0129. The summed E-state index contributed by atoms with van der Waals surface area (Å²) in [4.78, 5) is 15.4. The summed E-state index contributed by atoms with van der Waals surface area (Å²) >= 11 is 0. The topological polar surface area (TPSA) is 89.9 Å². The molecule has 1 aliphatic heterocycles. The molecule has 4 aromatic rings. The first-order valence-electron chi connectivity index (χ1n) is 11.0. The number of fused-ring (bicyclic) bond motifs is 2. The van der Waals surface area contributed by atoms with Gasteiger partial charge in [-0.1, -0.05) is 36.3 Å². The Balaban J connectivity index is 1.31. The number of carbonyl (C=O) groups excluding carboxylic acids is 1. The summed E-state index contributed by atoms with van der Waals surface area (Å²) in [6, 6.07) is 13.1. The lowest BCUT2D eigenvalue weighted by molar-refractivity contribution is 0.0561. The molecule has 0 N–H and O–H groups in total. The van der Waals surface area contributed by atoms with Crippen molar-refractivity contribution in [2.24, 2.45) is 0 Å². The maximum atomic E-state index is 13.5. The molecule has 1 unspecified atom stereocenters. The highest BCUT2D eigenvalue weighted by Gasteiger charge is 2.39. The summed E-state index contributed by atoms with van der Waals surface area (Å²) < 4.78 is 32.7. The van der Waals surface area contributed by atoms with Gasteiger partial charge in [0, 0.05) is 17.7 Å². The molecule has 0 bridgehead atoms. The number of alkyl halides is 2. The van der Waals surface area contributed by atoms with Crippen LogP contribution >= 0.6 is 0 Å². The van der Waals surface area contributed by atoms with E-state index in [9.17, 15) is 13.6 Å². The van der Waals surface area contributed by atoms with Crippen molar-refractivity contribution >= 4 is 16.9 Å². The van der Waals surface area contributed by atoms with E-state index < -0.39 is 12.3 Å². The van der Waals surface area contributed by atoms with Crippen molar-refractivity contribution in [2.75, 3.05) is 0 Å². The molecular weight excluding hydrogens is 430 g/mol. The maximum Gasteiger partial charge on any atom is 0.314 e. The number of carbonyl (C=O) groups is 1. The Labute approximate surface area is 187 Å². The number of rotatable bonds is 4. The molecule has 33 heavy (non-hydrogen) atoms. The number of halogens is 2. The van der Waals surface area contributed by atoms with Crippen molar-refractivity contribution in [3.63, 3.8) is 0 Å². The molecule has 0 spiro atoms. The fourth-order valence-electron chi connectivity index (χ4n) is 5.04. The highest BCUT2D eigenvalue weighted by atomic mass is 19.3. The number of nitrogens with zero attached hydrogens (tertiary/aromatic N) is 6. The molecule has 0 radical (unpaired) electrons. The fourth-order valence-corrected chi connectivity index (χ4v) is 5.04. The quantitative estimate of drug-likeness (QED) is 0.453. The Hall–Kier alpha value is -3.69. The van der Waals surface area contributed by atoms with Crippen LogP contribution in [0.4, 0.5) is 8.78 Å². The zero-order valence-electron chi connectivity index (χ0n) is 17.6. The number of amides is 1. The Morgan fingerprint density at radius 3 is 2.64 bits per heavy atom. The van der Waals surface area contributed by atoms with Gasteiger partial charge in [-0.2, -0.15) is 8.78 Å². The predicted molar refractivity (Wildman–Crippen MR) is 113 cm³/mol. The van der Waals surface area contributed by atoms with Crippen LogP contribution in [0.25, 0.3) is 22.5 Å². The minimum Gasteiger partial charge on any atom is -0.415 e. The molecule has 3 heterocycles. The van der Waals surface area contributed by atoms with Crippen molar-refractivity contribution in [3.05, 3.63) is 59.5 Å². The lowest BCUT2D eigenvalue weighted by atomic mass is 9.89. The molecule has 1 aliphatic carbocycles. The van der Waals surface area contributed by atoms with Crippen molar-refractivity contribution in [1.29, 1.82) is 0 Å². The smallest absolute Gasteiger partial charge is 0.314 e. The van der Waals surface area contributed by atoms with E-state index >= 15 is 0 Å². The van der Waals surface area contributed by atoms with E-state index in [4.69, 9.17) is 4.42 Å². The van der Waals surface area contributed by atoms with Crippen LogP contribution in [0.15, 0.2) is 46.9 Å². The second-order valence-corrected chi connectivity index (χ2v) is 8.49. The Morgan fingerprint density at radius 2 is 1.82 bits per heavy atom. The molecule has 0 saturated heterocycles. The lowest BCUT2D eigenvalue weighted by Gasteiger charge is -2.38. The van der Waals surface area contributed by atoms with E-state index in [2.05, 4.69) is 20.5 Å². The normalized spacial score (nSPS) is 20.7. The van der Waals surface area contributed by atoms with Gasteiger partial charge in [-0.25, -0.2) is 4.68 Å². The molecule has 1 amide bonds. The average Bonchev–Trinajstić information content (AvgIpc) is 3.56. The molecule has 10 heteroatoms. The number of aromatic nitrogens is 5. The van der Waals surface area contributed by atoms with Crippen LogP contribution in [0.5, 0.6) is 0 Å². The van der Waals surface area contributed by atoms with Gasteiger partial charge >= 0.3 is 6.43 Å². The van der Waals surface area contributed by atoms with Gasteiger partial charge in [0.1, 0.15) is 5.52 Å². The molecule has 2 aromatic heterocycles. The Bertz CT molecular complexity index is 1350. The van der Waals surface area contributed by atoms with Gasteiger partial charge in [0.2, 0.25) is 5.89 Å². The van der Waals surface area contributed by atoms with Gasteiger partial charge in [0.15, 0.2) is 0 Å². The molecular formula is C23H20F2N6O2. The van der Waals surface area contributed by atoms with E-state index in [1.165, 1.54) is 0 Å². The van der Waals surface area contributed by atoms with Gasteiger partial charge in [-0.3, -0.25) is 4.79 Å². The first-order valence-corrected chi connectivity index (χ1v) is 11.0. The summed E-state index contributed by atoms with van der Waals surface area (Å²) in [6.07, 6.45) is 1.07. The third kappa shape index (κ3) is 3.28. The van der Waals surface area contributed by atoms with Crippen LogP contribution in [0.2, 0.25) is 0 Å². The first kappa shape index (κ1) is 20.0. The largest absolute Gasteiger partial charge is 0.415 e. The SMILES string of the molecule is O=C1c2cc(-c3nnc(C(F)F)o3)ccc2CN1[C@@H]1CCCCC1n1nnc2ccccc21. The van der Waals surface area contributed by atoms with Crippen molar-refractivity contribution in [1.82, 2.24) is 30.1 Å². The van der Waals surface area contributed by atoms with Gasteiger partial charge in [-0.15, -0.1) is 15.3 Å². The maximum absolute atomic E-state index is 13.5. The monoisotopic (exact) mass is 450 g/mol. The number of benzene rings is 2. The van der Waals surface area contributed by atoms with Crippen LogP contribution in [0.3, 0.4) is 0 Å². The minimum atomic E-state index is -2.84. The van der Waals surface area contributed by atoms with Crippen molar-refractivity contribution in [2.45, 2.75) is 50.7 Å². The van der Waals surface area contributed by atoms with Crippen molar-refractivity contribution in [3.8, 4) is 11.5 Å². The van der Waals surface area contributed by atoms with Crippen LogP contribution in [0, 0.1) is 0 Å². The standard InChI is InChI=1S/C23H20F2N6O2/c24-20(25)22-28-27-21(33-22)13-9-10-14-12-30(23(32)15(14)11-13)18-7-3-4-8-19(18)31-17-6-2-1-5-16(17)26-29-31/h1-2,5-6,9-11,18-20H,3-4,7-8,12H2/t18-,19?/m1/s1. The molecule has 2 aromatic carbocycles. The second kappa shape index (κ2) is 7.72. The summed E-state index contributed by atoms with van der Waals surface area (Å²) in [5, 5.41) is 15.8. The van der Waals surface area contributed by atoms with E-state index in [-0.39, 0.29) is 23.9 Å². The van der Waals surface area contributed by atoms with Gasteiger partial charge in [-0.05, 0) is 42.7 Å². The first-order chi connectivity index (χ1) is 16.1. The van der Waals surface area contributed by atoms with E-state index in [0.29, 0.717) is 17.7 Å². The molecule has 6 rings (SSSR count). The summed E-state index contributed by atoms with van der Waals surface area (Å²) in [7, 11) is 0.